The van der Waals surface area contributed by atoms with Crippen LogP contribution in [-0.4, -0.2) is 0 Å². The monoisotopic (exact) mass is 470 g/mol. The molecule has 0 aliphatic rings. The molecule has 0 amide bonds. The van der Waals surface area contributed by atoms with E-state index in [1.54, 1.807) is 0 Å². The van der Waals surface area contributed by atoms with Gasteiger partial charge >= 0.3 is 0 Å². The van der Waals surface area contributed by atoms with E-state index >= 15 is 0 Å². The summed E-state index contributed by atoms with van der Waals surface area (Å²) >= 11 is 1.90. The summed E-state index contributed by atoms with van der Waals surface area (Å²) in [6.07, 6.45) is 4.54. The molecule has 0 unspecified atom stereocenters. The molecule has 0 saturated carbocycles. The van der Waals surface area contributed by atoms with E-state index in [0.29, 0.717) is 0 Å². The third-order valence-electron chi connectivity index (χ3n) is 7.19. The zero-order chi connectivity index (χ0) is 23.8. The van der Waals surface area contributed by atoms with Crippen molar-refractivity contribution < 1.29 is 0 Å². The van der Waals surface area contributed by atoms with Crippen molar-refractivity contribution >= 4 is 43.7 Å². The first-order valence-corrected chi connectivity index (χ1v) is 13.6. The standard InChI is InChI=1S/C34H30S/c1-3-10-26-28-15-7-8-16-29(28)27(11-4-2)32-22-24(18-19-30(26)32)33-20-21-34(35-33)31-17-9-13-23-12-5-6-14-25(23)31/h5-9,12-22H,3-4,10-11H2,1-2H3. The topological polar surface area (TPSA) is 0 Å². The van der Waals surface area contributed by atoms with Gasteiger partial charge in [0.25, 0.3) is 0 Å². The van der Waals surface area contributed by atoms with Crippen molar-refractivity contribution in [1.82, 2.24) is 0 Å². The van der Waals surface area contributed by atoms with E-state index < -0.39 is 0 Å². The van der Waals surface area contributed by atoms with Gasteiger partial charge in [0, 0.05) is 9.75 Å². The van der Waals surface area contributed by atoms with E-state index in [0.717, 1.165) is 25.7 Å². The van der Waals surface area contributed by atoms with Gasteiger partial charge in [-0.2, -0.15) is 0 Å². The third-order valence-corrected chi connectivity index (χ3v) is 8.36. The van der Waals surface area contributed by atoms with Crippen LogP contribution in [0.2, 0.25) is 0 Å². The molecule has 0 N–H and O–H groups in total. The highest BCUT2D eigenvalue weighted by atomic mass is 32.1. The SMILES string of the molecule is CCCc1c2ccccc2c(CCC)c2cc(-c3ccc(-c4cccc5ccccc45)s3)ccc12. The minimum absolute atomic E-state index is 1.11. The van der Waals surface area contributed by atoms with Crippen LogP contribution in [0.1, 0.15) is 37.8 Å². The summed E-state index contributed by atoms with van der Waals surface area (Å²) in [4.78, 5) is 2.67. The van der Waals surface area contributed by atoms with E-state index in [4.69, 9.17) is 0 Å². The predicted molar refractivity (Wildman–Crippen MR) is 156 cm³/mol. The first kappa shape index (κ1) is 22.1. The number of aryl methyl sites for hydroxylation is 2. The van der Waals surface area contributed by atoms with Crippen molar-refractivity contribution in [3.8, 4) is 20.9 Å². The van der Waals surface area contributed by atoms with Crippen molar-refractivity contribution in [1.29, 1.82) is 0 Å². The molecule has 1 aromatic heterocycles. The van der Waals surface area contributed by atoms with E-state index in [2.05, 4.69) is 111 Å². The highest BCUT2D eigenvalue weighted by Crippen LogP contribution is 2.41. The molecule has 172 valence electrons. The Bertz CT molecular complexity index is 1660. The quantitative estimate of drug-likeness (QED) is 0.212. The Balaban J connectivity index is 1.53. The number of hydrogen-bond donors (Lipinski definition) is 0. The fourth-order valence-electron chi connectivity index (χ4n) is 5.63. The maximum atomic E-state index is 2.46. The summed E-state index contributed by atoms with van der Waals surface area (Å²) in [6.45, 7) is 4.58. The molecule has 0 saturated heterocycles. The lowest BCUT2D eigenvalue weighted by atomic mass is 9.87. The van der Waals surface area contributed by atoms with Crippen LogP contribution in [-0.2, 0) is 12.8 Å². The van der Waals surface area contributed by atoms with Gasteiger partial charge in [0.2, 0.25) is 0 Å². The Morgan fingerprint density at radius 2 is 1.11 bits per heavy atom. The fraction of sp³-hybridized carbons (Fsp3) is 0.176. The first-order chi connectivity index (χ1) is 17.3. The van der Waals surface area contributed by atoms with Gasteiger partial charge in [0.15, 0.2) is 0 Å². The lowest BCUT2D eigenvalue weighted by Crippen LogP contribution is -1.96. The summed E-state index contributed by atoms with van der Waals surface area (Å²) in [5, 5.41) is 8.36. The van der Waals surface area contributed by atoms with E-state index in [9.17, 15) is 0 Å². The van der Waals surface area contributed by atoms with Crippen molar-refractivity contribution in [2.24, 2.45) is 0 Å². The molecule has 0 radical (unpaired) electrons. The lowest BCUT2D eigenvalue weighted by Gasteiger charge is -2.17. The molecule has 1 heterocycles. The van der Waals surface area contributed by atoms with Crippen LogP contribution in [0.15, 0.2) is 97.1 Å². The van der Waals surface area contributed by atoms with Crippen molar-refractivity contribution in [3.63, 3.8) is 0 Å². The van der Waals surface area contributed by atoms with Crippen LogP contribution in [0.5, 0.6) is 0 Å². The van der Waals surface area contributed by atoms with Gasteiger partial charge in [-0.05, 0) is 85.6 Å². The summed E-state index contributed by atoms with van der Waals surface area (Å²) in [5.74, 6) is 0. The van der Waals surface area contributed by atoms with Crippen LogP contribution < -0.4 is 0 Å². The summed E-state index contributed by atoms with van der Waals surface area (Å²) < 4.78 is 0. The number of thiophene rings is 1. The highest BCUT2D eigenvalue weighted by molar-refractivity contribution is 7.18. The molecule has 0 fully saturated rings. The Labute approximate surface area is 211 Å². The second kappa shape index (κ2) is 9.32. The average Bonchev–Trinajstić information content (AvgIpc) is 3.40. The van der Waals surface area contributed by atoms with Gasteiger partial charge in [0.05, 0.1) is 0 Å². The largest absolute Gasteiger partial charge is 0.135 e. The summed E-state index contributed by atoms with van der Waals surface area (Å²) in [7, 11) is 0. The molecular weight excluding hydrogens is 440 g/mol. The van der Waals surface area contributed by atoms with Gasteiger partial charge < -0.3 is 0 Å². The van der Waals surface area contributed by atoms with Crippen molar-refractivity contribution in [3.05, 3.63) is 108 Å². The van der Waals surface area contributed by atoms with E-state index in [1.165, 1.54) is 64.3 Å². The predicted octanol–water partition coefficient (Wildman–Crippen LogP) is 10.4. The molecular formula is C34H30S. The average molecular weight is 471 g/mol. The van der Waals surface area contributed by atoms with Crippen molar-refractivity contribution in [2.45, 2.75) is 39.5 Å². The molecule has 0 aliphatic heterocycles. The van der Waals surface area contributed by atoms with Crippen LogP contribution in [0.25, 0.3) is 53.2 Å². The van der Waals surface area contributed by atoms with Crippen LogP contribution in [0.3, 0.4) is 0 Å². The lowest BCUT2D eigenvalue weighted by molar-refractivity contribution is 0.927. The molecule has 0 bridgehead atoms. The second-order valence-electron chi connectivity index (χ2n) is 9.45. The summed E-state index contributed by atoms with van der Waals surface area (Å²) in [5.41, 5.74) is 5.66. The molecule has 6 rings (SSSR count). The van der Waals surface area contributed by atoms with Gasteiger partial charge in [-0.3, -0.25) is 0 Å². The van der Waals surface area contributed by atoms with Gasteiger partial charge in [0.1, 0.15) is 0 Å². The third kappa shape index (κ3) is 3.85. The van der Waals surface area contributed by atoms with Crippen LogP contribution in [0.4, 0.5) is 0 Å². The first-order valence-electron chi connectivity index (χ1n) is 12.8. The number of benzene rings is 5. The molecule has 5 aromatic carbocycles. The van der Waals surface area contributed by atoms with Crippen LogP contribution >= 0.6 is 11.3 Å². The van der Waals surface area contributed by atoms with Crippen LogP contribution in [0, 0.1) is 0 Å². The number of fused-ring (bicyclic) bond motifs is 3. The maximum Gasteiger partial charge on any atom is 0.0355 e. The van der Waals surface area contributed by atoms with Crippen molar-refractivity contribution in [2.75, 3.05) is 0 Å². The minimum Gasteiger partial charge on any atom is -0.135 e. The molecule has 35 heavy (non-hydrogen) atoms. The fourth-order valence-corrected chi connectivity index (χ4v) is 6.67. The molecule has 0 nitrogen and oxygen atoms in total. The highest BCUT2D eigenvalue weighted by Gasteiger charge is 2.15. The summed E-state index contributed by atoms with van der Waals surface area (Å²) in [6, 6.07) is 36.1. The van der Waals surface area contributed by atoms with Gasteiger partial charge in [-0.25, -0.2) is 0 Å². The molecule has 0 spiro atoms. The van der Waals surface area contributed by atoms with E-state index in [-0.39, 0.29) is 0 Å². The van der Waals surface area contributed by atoms with Gasteiger partial charge in [-0.1, -0.05) is 106 Å². The number of hydrogen-bond acceptors (Lipinski definition) is 1. The zero-order valence-corrected chi connectivity index (χ0v) is 21.3. The molecule has 0 aliphatic carbocycles. The van der Waals surface area contributed by atoms with E-state index in [1.807, 2.05) is 11.3 Å². The second-order valence-corrected chi connectivity index (χ2v) is 10.5. The molecule has 0 atom stereocenters. The zero-order valence-electron chi connectivity index (χ0n) is 20.5. The number of rotatable bonds is 6. The molecule has 1 heteroatoms. The Morgan fingerprint density at radius 3 is 1.86 bits per heavy atom. The smallest absolute Gasteiger partial charge is 0.0355 e. The maximum absolute atomic E-state index is 2.46. The van der Waals surface area contributed by atoms with Gasteiger partial charge in [-0.15, -0.1) is 11.3 Å². The Morgan fingerprint density at radius 1 is 0.514 bits per heavy atom. The normalized spacial score (nSPS) is 11.6. The Kier molecular flexibility index (Phi) is 5.88. The molecule has 6 aromatic rings. The Hall–Kier alpha value is -3.42. The minimum atomic E-state index is 1.11.